The van der Waals surface area contributed by atoms with Crippen molar-refractivity contribution in [3.05, 3.63) is 352 Å². The molecule has 6 aromatic heterocycles. The number of thiophene rings is 2. The van der Waals surface area contributed by atoms with E-state index in [9.17, 15) is 0 Å². The van der Waals surface area contributed by atoms with Crippen LogP contribution in [-0.2, 0) is 0 Å². The van der Waals surface area contributed by atoms with Crippen LogP contribution in [0.5, 0.6) is 0 Å². The fraction of sp³-hybridized carbons (Fsp3) is 0. The van der Waals surface area contributed by atoms with Crippen molar-refractivity contribution < 1.29 is 0 Å². The summed E-state index contributed by atoms with van der Waals surface area (Å²) in [4.78, 5) is 30.8. The Kier molecular flexibility index (Phi) is 14.5. The minimum Gasteiger partial charge on any atom is -0.309 e. The second-order valence-electron chi connectivity index (χ2n) is 26.9. The second-order valence-corrected chi connectivity index (χ2v) is 29.0. The third-order valence-electron chi connectivity index (χ3n) is 20.6. The van der Waals surface area contributed by atoms with Crippen LogP contribution in [0.3, 0.4) is 0 Å². The van der Waals surface area contributed by atoms with Gasteiger partial charge in [-0.2, -0.15) is 0 Å². The zero-order chi connectivity index (χ0) is 69.8. The molecule has 0 atom stereocenters. The first-order valence-corrected chi connectivity index (χ1v) is 37.2. The van der Waals surface area contributed by atoms with Crippen LogP contribution in [0.1, 0.15) is 0 Å². The summed E-state index contributed by atoms with van der Waals surface area (Å²) in [7, 11) is 0. The molecular formula is C96H58N8S2. The summed E-state index contributed by atoms with van der Waals surface area (Å²) in [5, 5.41) is 9.81. The Morgan fingerprint density at radius 1 is 0.179 bits per heavy atom. The number of rotatable bonds is 12. The maximum Gasteiger partial charge on any atom is 0.164 e. The summed E-state index contributed by atoms with van der Waals surface area (Å²) in [5.74, 6) is 3.69. The standard InChI is InChI=1S/C96H58N8S2/c1-5-22-59(23-6-1)79-57-69(58-82-78-38-21-36-73(89(78)106-90(79)82)67-47-53-86-81(56-67)75-33-14-17-40-84(75)104(86)70-48-42-63(43-49-70)94-98-91(60-24-7-2-8-25-60)97-92(99-94)61-26-9-3-10-27-61)65-30-19-31-68(54-65)96-101-93(62-28-11-4-12-29-62)100-95(102-96)64-44-50-71(51-45-64)103-83-39-16-13-32-74(83)80-55-66(46-52-85(80)103)72-35-20-37-77-76-34-15-18-41-87(76)105-88(72)77/h1-58H. The Morgan fingerprint density at radius 3 is 1.02 bits per heavy atom. The lowest BCUT2D eigenvalue weighted by Gasteiger charge is -2.12. The van der Waals surface area contributed by atoms with E-state index in [4.69, 9.17) is 29.9 Å². The van der Waals surface area contributed by atoms with Gasteiger partial charge in [0.05, 0.1) is 22.1 Å². The van der Waals surface area contributed by atoms with E-state index in [-0.39, 0.29) is 0 Å². The van der Waals surface area contributed by atoms with Gasteiger partial charge >= 0.3 is 0 Å². The molecule has 0 saturated heterocycles. The Bertz CT molecular complexity index is 6990. The molecule has 0 N–H and O–H groups in total. The average molecular weight is 1390 g/mol. The Morgan fingerprint density at radius 2 is 0.519 bits per heavy atom. The number of nitrogens with zero attached hydrogens (tertiary/aromatic N) is 8. The van der Waals surface area contributed by atoms with E-state index in [2.05, 4.69) is 282 Å². The van der Waals surface area contributed by atoms with Crippen molar-refractivity contribution in [1.82, 2.24) is 39.0 Å². The molecule has 0 saturated carbocycles. The molecule has 15 aromatic carbocycles. The molecule has 0 unspecified atom stereocenters. The molecule has 0 bridgehead atoms. The molecule has 21 aromatic rings. The molecular weight excluding hydrogens is 1330 g/mol. The van der Waals surface area contributed by atoms with Crippen molar-refractivity contribution >= 4 is 107 Å². The van der Waals surface area contributed by atoms with Gasteiger partial charge < -0.3 is 9.13 Å². The van der Waals surface area contributed by atoms with Crippen LogP contribution in [0, 0.1) is 0 Å². The first-order valence-electron chi connectivity index (χ1n) is 35.5. The Hall–Kier alpha value is -13.6. The smallest absolute Gasteiger partial charge is 0.164 e. The van der Waals surface area contributed by atoms with Gasteiger partial charge in [0.25, 0.3) is 0 Å². The van der Waals surface area contributed by atoms with Crippen molar-refractivity contribution in [1.29, 1.82) is 0 Å². The van der Waals surface area contributed by atoms with E-state index >= 15 is 0 Å². The topological polar surface area (TPSA) is 87.2 Å². The number of aromatic nitrogens is 8. The number of hydrogen-bond acceptors (Lipinski definition) is 8. The molecule has 0 amide bonds. The van der Waals surface area contributed by atoms with Gasteiger partial charge in [0.15, 0.2) is 34.9 Å². The van der Waals surface area contributed by atoms with Crippen molar-refractivity contribution in [2.45, 2.75) is 0 Å². The fourth-order valence-electron chi connectivity index (χ4n) is 15.6. The fourth-order valence-corrected chi connectivity index (χ4v) is 18.2. The highest BCUT2D eigenvalue weighted by Crippen LogP contribution is 2.48. The Balaban J connectivity index is 0.631. The lowest BCUT2D eigenvalue weighted by Crippen LogP contribution is -2.00. The summed E-state index contributed by atoms with van der Waals surface area (Å²) in [6.45, 7) is 0. The van der Waals surface area contributed by atoms with Gasteiger partial charge in [-0.3, -0.25) is 0 Å². The normalized spacial score (nSPS) is 11.8. The maximum atomic E-state index is 5.34. The summed E-state index contributed by atoms with van der Waals surface area (Å²) in [6.07, 6.45) is 0. The molecule has 0 radical (unpaired) electrons. The molecule has 0 aliphatic heterocycles. The van der Waals surface area contributed by atoms with Crippen LogP contribution in [-0.4, -0.2) is 39.0 Å². The van der Waals surface area contributed by atoms with Gasteiger partial charge in [-0.05, 0) is 148 Å². The molecule has 21 rings (SSSR count). The van der Waals surface area contributed by atoms with Gasteiger partial charge in [-0.25, -0.2) is 29.9 Å². The third kappa shape index (κ3) is 10.4. The lowest BCUT2D eigenvalue weighted by atomic mass is 9.94. The molecule has 494 valence electrons. The van der Waals surface area contributed by atoms with Gasteiger partial charge in [-0.15, -0.1) is 22.7 Å². The first kappa shape index (κ1) is 61.1. The molecule has 6 heterocycles. The van der Waals surface area contributed by atoms with Crippen LogP contribution < -0.4 is 0 Å². The van der Waals surface area contributed by atoms with Crippen LogP contribution in [0.15, 0.2) is 352 Å². The average Bonchev–Trinajstić information content (AvgIpc) is 1.60. The molecule has 106 heavy (non-hydrogen) atoms. The lowest BCUT2D eigenvalue weighted by molar-refractivity contribution is 1.07. The molecule has 0 spiro atoms. The highest BCUT2D eigenvalue weighted by Gasteiger charge is 2.23. The summed E-state index contributed by atoms with van der Waals surface area (Å²) in [5.41, 5.74) is 21.5. The van der Waals surface area contributed by atoms with Gasteiger partial charge in [0.1, 0.15) is 0 Å². The minimum absolute atomic E-state index is 0.596. The quantitative estimate of drug-likeness (QED) is 0.121. The van der Waals surface area contributed by atoms with E-state index in [0.29, 0.717) is 34.9 Å². The van der Waals surface area contributed by atoms with E-state index in [0.717, 1.165) is 89.1 Å². The largest absolute Gasteiger partial charge is 0.309 e. The van der Waals surface area contributed by atoms with E-state index in [1.165, 1.54) is 84.1 Å². The predicted molar refractivity (Wildman–Crippen MR) is 442 cm³/mol. The van der Waals surface area contributed by atoms with Crippen LogP contribution in [0.4, 0.5) is 0 Å². The van der Waals surface area contributed by atoms with E-state index in [1.54, 1.807) is 0 Å². The maximum absolute atomic E-state index is 5.34. The highest BCUT2D eigenvalue weighted by atomic mass is 32.1. The van der Waals surface area contributed by atoms with E-state index < -0.39 is 0 Å². The van der Waals surface area contributed by atoms with Crippen molar-refractivity contribution in [3.63, 3.8) is 0 Å². The zero-order valence-corrected chi connectivity index (χ0v) is 58.5. The first-order chi connectivity index (χ1) is 52.5. The van der Waals surface area contributed by atoms with Crippen molar-refractivity contribution in [2.24, 2.45) is 0 Å². The Labute approximate surface area is 617 Å². The molecule has 10 heteroatoms. The van der Waals surface area contributed by atoms with Crippen LogP contribution in [0.25, 0.3) is 208 Å². The zero-order valence-electron chi connectivity index (χ0n) is 56.9. The number of benzene rings is 15. The van der Waals surface area contributed by atoms with Gasteiger partial charge in [0.2, 0.25) is 0 Å². The van der Waals surface area contributed by atoms with Crippen LogP contribution >= 0.6 is 22.7 Å². The molecule has 0 aliphatic rings. The molecule has 0 fully saturated rings. The van der Waals surface area contributed by atoms with Crippen molar-refractivity contribution in [2.75, 3.05) is 0 Å². The summed E-state index contributed by atoms with van der Waals surface area (Å²) in [6, 6.07) is 126. The molecule has 8 nitrogen and oxygen atoms in total. The minimum atomic E-state index is 0.596. The number of fused-ring (bicyclic) bond motifs is 12. The molecule has 0 aliphatic carbocycles. The number of hydrogen-bond donors (Lipinski definition) is 0. The monoisotopic (exact) mass is 1390 g/mol. The van der Waals surface area contributed by atoms with Gasteiger partial charge in [-0.1, -0.05) is 243 Å². The van der Waals surface area contributed by atoms with Crippen molar-refractivity contribution in [3.8, 4) is 124 Å². The van der Waals surface area contributed by atoms with Crippen LogP contribution in [0.2, 0.25) is 0 Å². The summed E-state index contributed by atoms with van der Waals surface area (Å²) < 4.78 is 9.85. The summed E-state index contributed by atoms with van der Waals surface area (Å²) >= 11 is 3.74. The third-order valence-corrected chi connectivity index (χ3v) is 23.2. The van der Waals surface area contributed by atoms with E-state index in [1.807, 2.05) is 102 Å². The SMILES string of the molecule is c1ccc(-c2nc(-c3ccccc3)nc(-c3ccc(-n4c5ccccc5c5cc(-c6cccc7c6sc6c(-c8ccccc8)cc(-c8cccc(-c9nc(-c%10ccccc%10)nc(-c%10ccc(-n%11c%12ccccc%12c%12cc(-c%13cccc%14c%13sc%13ccccc%13%14)ccc%12%11)cc%10)n9)c8)cc67)ccc54)cc3)n2)cc1. The number of para-hydroxylation sites is 2. The second kappa shape index (κ2) is 25.1. The predicted octanol–water partition coefficient (Wildman–Crippen LogP) is 25.7. The highest BCUT2D eigenvalue weighted by molar-refractivity contribution is 7.27. The van der Waals surface area contributed by atoms with Gasteiger partial charge in [0, 0.05) is 112 Å².